The number of rotatable bonds is 6. The normalized spacial score (nSPS) is 12.4. The highest BCUT2D eigenvalue weighted by atomic mass is 16.5. The topological polar surface area (TPSA) is 86.2 Å². The van der Waals surface area contributed by atoms with Gasteiger partial charge in [-0.1, -0.05) is 12.1 Å². The van der Waals surface area contributed by atoms with Crippen LogP contribution in [-0.4, -0.2) is 16.6 Å². The van der Waals surface area contributed by atoms with Gasteiger partial charge in [0.1, 0.15) is 17.4 Å². The van der Waals surface area contributed by atoms with Gasteiger partial charge < -0.3 is 20.2 Å². The third-order valence-electron chi connectivity index (χ3n) is 3.55. The van der Waals surface area contributed by atoms with Crippen LogP contribution in [0.1, 0.15) is 31.5 Å². The van der Waals surface area contributed by atoms with E-state index in [2.05, 4.69) is 15.3 Å². The minimum Gasteiger partial charge on any atom is -0.490 e. The van der Waals surface area contributed by atoms with Gasteiger partial charge in [-0.3, -0.25) is 0 Å². The maximum absolute atomic E-state index is 5.97. The molecule has 3 N–H and O–H groups in total. The van der Waals surface area contributed by atoms with Crippen molar-refractivity contribution in [1.29, 1.82) is 0 Å². The van der Waals surface area contributed by atoms with E-state index in [1.807, 2.05) is 38.1 Å². The third-order valence-corrected chi connectivity index (χ3v) is 3.55. The first kappa shape index (κ1) is 15.3. The number of para-hydroxylation sites is 1. The van der Waals surface area contributed by atoms with E-state index in [0.29, 0.717) is 24.8 Å². The molecule has 0 aliphatic rings. The molecule has 0 amide bonds. The molecular formula is C17H20N4O2. The lowest BCUT2D eigenvalue weighted by Crippen LogP contribution is -2.19. The molecule has 0 aliphatic carbocycles. The predicted molar refractivity (Wildman–Crippen MR) is 89.1 cm³/mol. The molecular weight excluding hydrogens is 292 g/mol. The molecule has 0 saturated heterocycles. The highest BCUT2D eigenvalue weighted by Gasteiger charge is 2.14. The van der Waals surface area contributed by atoms with Crippen molar-refractivity contribution in [2.75, 3.05) is 12.3 Å². The number of anilines is 1. The van der Waals surface area contributed by atoms with E-state index in [-0.39, 0.29) is 6.04 Å². The van der Waals surface area contributed by atoms with Crippen LogP contribution in [0.4, 0.5) is 5.82 Å². The predicted octanol–water partition coefficient (Wildman–Crippen LogP) is 3.05. The summed E-state index contributed by atoms with van der Waals surface area (Å²) in [7, 11) is 0. The number of hydrogen-bond acceptors (Lipinski definition) is 6. The summed E-state index contributed by atoms with van der Waals surface area (Å²) in [4.78, 5) is 8.36. The lowest BCUT2D eigenvalue weighted by Gasteiger charge is -2.10. The van der Waals surface area contributed by atoms with Gasteiger partial charge in [0.2, 0.25) is 0 Å². The lowest BCUT2D eigenvalue weighted by molar-refractivity contribution is 0.336. The summed E-state index contributed by atoms with van der Waals surface area (Å²) >= 11 is 0. The van der Waals surface area contributed by atoms with Crippen LogP contribution in [0.5, 0.6) is 5.75 Å². The van der Waals surface area contributed by atoms with Gasteiger partial charge in [-0.15, -0.1) is 0 Å². The van der Waals surface area contributed by atoms with Crippen molar-refractivity contribution in [3.63, 3.8) is 0 Å². The summed E-state index contributed by atoms with van der Waals surface area (Å²) in [5.74, 6) is 2.73. The highest BCUT2D eigenvalue weighted by Crippen LogP contribution is 2.31. The van der Waals surface area contributed by atoms with Crippen molar-refractivity contribution in [1.82, 2.24) is 15.3 Å². The van der Waals surface area contributed by atoms with Crippen molar-refractivity contribution < 1.29 is 9.15 Å². The number of aromatic nitrogens is 2. The maximum atomic E-state index is 5.97. The molecule has 2 aromatic heterocycles. The molecule has 0 radical (unpaired) electrons. The first-order valence-corrected chi connectivity index (χ1v) is 7.63. The van der Waals surface area contributed by atoms with Gasteiger partial charge in [-0.25, -0.2) is 9.97 Å². The molecule has 6 nitrogen and oxygen atoms in total. The van der Waals surface area contributed by atoms with Crippen LogP contribution in [-0.2, 0) is 6.54 Å². The number of benzene rings is 1. The van der Waals surface area contributed by atoms with Gasteiger partial charge in [0.15, 0.2) is 11.3 Å². The zero-order valence-corrected chi connectivity index (χ0v) is 13.2. The van der Waals surface area contributed by atoms with E-state index in [1.54, 1.807) is 12.3 Å². The van der Waals surface area contributed by atoms with Crippen LogP contribution in [0, 0.1) is 0 Å². The van der Waals surface area contributed by atoms with E-state index in [9.17, 15) is 0 Å². The Morgan fingerprint density at radius 1 is 1.35 bits per heavy atom. The monoisotopic (exact) mass is 312 g/mol. The summed E-state index contributed by atoms with van der Waals surface area (Å²) in [5, 5.41) is 4.37. The Bertz CT molecular complexity index is 800. The zero-order chi connectivity index (χ0) is 16.2. The van der Waals surface area contributed by atoms with Crippen LogP contribution >= 0.6 is 0 Å². The van der Waals surface area contributed by atoms with Crippen molar-refractivity contribution in [2.24, 2.45) is 0 Å². The van der Waals surface area contributed by atoms with Crippen molar-refractivity contribution in [2.45, 2.75) is 26.4 Å². The Morgan fingerprint density at radius 3 is 3.00 bits per heavy atom. The number of nitrogen functional groups attached to an aromatic ring is 1. The van der Waals surface area contributed by atoms with E-state index in [4.69, 9.17) is 14.9 Å². The summed E-state index contributed by atoms with van der Waals surface area (Å²) < 4.78 is 11.6. The standard InChI is InChI=1S/C17H20N4O2/c1-3-22-13-6-4-5-12-9-14(23-17(12)13)11(2)20-10-16-19-8-7-15(18)21-16/h4-9,11,20H,3,10H2,1-2H3,(H2,18,19,21)/t11-/m1/s1. The average molecular weight is 312 g/mol. The molecule has 6 heteroatoms. The maximum Gasteiger partial charge on any atom is 0.176 e. The van der Waals surface area contributed by atoms with E-state index in [0.717, 1.165) is 22.5 Å². The van der Waals surface area contributed by atoms with Gasteiger partial charge in [-0.05, 0) is 32.0 Å². The fourth-order valence-corrected chi connectivity index (χ4v) is 2.38. The number of furan rings is 1. The molecule has 3 rings (SSSR count). The molecule has 0 spiro atoms. The number of fused-ring (bicyclic) bond motifs is 1. The van der Waals surface area contributed by atoms with Gasteiger partial charge in [0, 0.05) is 11.6 Å². The van der Waals surface area contributed by atoms with Crippen molar-refractivity contribution in [3.05, 3.63) is 48.1 Å². The Kier molecular flexibility index (Phi) is 4.43. The van der Waals surface area contributed by atoms with Crippen LogP contribution < -0.4 is 15.8 Å². The molecule has 120 valence electrons. The number of hydrogen-bond donors (Lipinski definition) is 2. The molecule has 2 heterocycles. The zero-order valence-electron chi connectivity index (χ0n) is 13.2. The summed E-state index contributed by atoms with van der Waals surface area (Å²) in [5.41, 5.74) is 6.44. The lowest BCUT2D eigenvalue weighted by atomic mass is 10.2. The minimum atomic E-state index is 0.0157. The average Bonchev–Trinajstić information content (AvgIpc) is 2.98. The van der Waals surface area contributed by atoms with E-state index < -0.39 is 0 Å². The van der Waals surface area contributed by atoms with Crippen LogP contribution in [0.3, 0.4) is 0 Å². The SMILES string of the molecule is CCOc1cccc2cc([C@@H](C)NCc3nccc(N)n3)oc12. The van der Waals surface area contributed by atoms with Crippen molar-refractivity contribution in [3.8, 4) is 5.75 Å². The largest absolute Gasteiger partial charge is 0.490 e. The van der Waals surface area contributed by atoms with Gasteiger partial charge in [0.05, 0.1) is 19.2 Å². The molecule has 1 aromatic carbocycles. The quantitative estimate of drug-likeness (QED) is 0.727. The van der Waals surface area contributed by atoms with Gasteiger partial charge in [-0.2, -0.15) is 0 Å². The molecule has 1 atom stereocenters. The molecule has 0 bridgehead atoms. The number of nitrogens with zero attached hydrogens (tertiary/aromatic N) is 2. The molecule has 0 fully saturated rings. The van der Waals surface area contributed by atoms with Gasteiger partial charge in [0.25, 0.3) is 0 Å². The second-order valence-electron chi connectivity index (χ2n) is 5.26. The third kappa shape index (κ3) is 3.43. The smallest absolute Gasteiger partial charge is 0.176 e. The molecule has 0 aliphatic heterocycles. The van der Waals surface area contributed by atoms with E-state index in [1.165, 1.54) is 0 Å². The van der Waals surface area contributed by atoms with Crippen LogP contribution in [0.15, 0.2) is 40.9 Å². The Labute approximate surface area is 134 Å². The second kappa shape index (κ2) is 6.66. The molecule has 0 saturated carbocycles. The molecule has 3 aromatic rings. The van der Waals surface area contributed by atoms with Crippen molar-refractivity contribution >= 4 is 16.8 Å². The van der Waals surface area contributed by atoms with Crippen LogP contribution in [0.25, 0.3) is 11.0 Å². The summed E-state index contributed by atoms with van der Waals surface area (Å²) in [6.07, 6.45) is 1.65. The number of nitrogens with two attached hydrogens (primary N) is 1. The molecule has 23 heavy (non-hydrogen) atoms. The Balaban J connectivity index is 1.75. The fraction of sp³-hybridized carbons (Fsp3) is 0.294. The fourth-order valence-electron chi connectivity index (χ4n) is 2.38. The highest BCUT2D eigenvalue weighted by molar-refractivity contribution is 5.83. The minimum absolute atomic E-state index is 0.0157. The van der Waals surface area contributed by atoms with Crippen LogP contribution in [0.2, 0.25) is 0 Å². The summed E-state index contributed by atoms with van der Waals surface area (Å²) in [6.45, 7) is 5.11. The first-order valence-electron chi connectivity index (χ1n) is 7.63. The molecule has 0 unspecified atom stereocenters. The van der Waals surface area contributed by atoms with Gasteiger partial charge >= 0.3 is 0 Å². The summed E-state index contributed by atoms with van der Waals surface area (Å²) in [6, 6.07) is 9.60. The second-order valence-corrected chi connectivity index (χ2v) is 5.26. The van der Waals surface area contributed by atoms with E-state index >= 15 is 0 Å². The number of ether oxygens (including phenoxy) is 1. The first-order chi connectivity index (χ1) is 11.2. The Hall–Kier alpha value is -2.60. The number of nitrogens with one attached hydrogen (secondary N) is 1. The Morgan fingerprint density at radius 2 is 2.22 bits per heavy atom.